The molecular formula is C20H29FN4O2S2. The van der Waals surface area contributed by atoms with Crippen LogP contribution in [0.4, 0.5) is 4.39 Å². The Balaban J connectivity index is 1.96. The topological polar surface area (TPSA) is 73.8 Å². The highest BCUT2D eigenvalue weighted by Crippen LogP contribution is 2.25. The molecule has 0 amide bonds. The van der Waals surface area contributed by atoms with Gasteiger partial charge in [0.2, 0.25) is 0 Å². The van der Waals surface area contributed by atoms with Crippen molar-refractivity contribution in [3.63, 3.8) is 0 Å². The van der Waals surface area contributed by atoms with Gasteiger partial charge in [0, 0.05) is 36.6 Å². The van der Waals surface area contributed by atoms with Crippen molar-refractivity contribution >= 4 is 27.3 Å². The van der Waals surface area contributed by atoms with Crippen LogP contribution in [0.1, 0.15) is 31.2 Å². The molecule has 0 unspecified atom stereocenters. The molecule has 0 fully saturated rings. The van der Waals surface area contributed by atoms with E-state index in [0.29, 0.717) is 48.3 Å². The van der Waals surface area contributed by atoms with Gasteiger partial charge in [-0.1, -0.05) is 32.0 Å². The van der Waals surface area contributed by atoms with Crippen LogP contribution in [0.2, 0.25) is 0 Å². The monoisotopic (exact) mass is 440 g/mol. The quantitative estimate of drug-likeness (QED) is 0.440. The number of benzene rings is 1. The normalized spacial score (nSPS) is 12.4. The van der Waals surface area contributed by atoms with E-state index in [-0.39, 0.29) is 12.4 Å². The molecule has 0 aliphatic carbocycles. The number of halogens is 1. The maximum Gasteiger partial charge on any atom is 0.252 e. The number of hydrogen-bond acceptors (Lipinski definition) is 4. The Kier molecular flexibility index (Phi) is 9.06. The molecule has 29 heavy (non-hydrogen) atoms. The van der Waals surface area contributed by atoms with Crippen molar-refractivity contribution in [3.05, 3.63) is 52.7 Å². The summed E-state index contributed by atoms with van der Waals surface area (Å²) in [6.45, 7) is 8.07. The van der Waals surface area contributed by atoms with Gasteiger partial charge in [-0.2, -0.15) is 4.31 Å². The highest BCUT2D eigenvalue weighted by atomic mass is 32.2. The highest BCUT2D eigenvalue weighted by Gasteiger charge is 2.23. The van der Waals surface area contributed by atoms with Crippen molar-refractivity contribution in [3.8, 4) is 0 Å². The molecule has 160 valence electrons. The summed E-state index contributed by atoms with van der Waals surface area (Å²) in [6.07, 6.45) is 0.669. The van der Waals surface area contributed by atoms with E-state index in [4.69, 9.17) is 0 Å². The lowest BCUT2D eigenvalue weighted by Gasteiger charge is -2.16. The van der Waals surface area contributed by atoms with Crippen molar-refractivity contribution < 1.29 is 12.8 Å². The van der Waals surface area contributed by atoms with Gasteiger partial charge in [-0.3, -0.25) is 0 Å². The first-order valence-corrected chi connectivity index (χ1v) is 12.0. The van der Waals surface area contributed by atoms with Crippen molar-refractivity contribution in [1.29, 1.82) is 0 Å². The molecule has 2 rings (SSSR count). The highest BCUT2D eigenvalue weighted by molar-refractivity contribution is 7.91. The minimum absolute atomic E-state index is 0.243. The second-order valence-corrected chi connectivity index (χ2v) is 9.61. The van der Waals surface area contributed by atoms with Gasteiger partial charge in [0.05, 0.1) is 6.54 Å². The number of nitrogens with one attached hydrogen (secondary N) is 2. The van der Waals surface area contributed by atoms with E-state index in [0.717, 1.165) is 4.88 Å². The smallest absolute Gasteiger partial charge is 0.252 e. The van der Waals surface area contributed by atoms with Crippen molar-refractivity contribution in [1.82, 2.24) is 14.9 Å². The molecule has 9 heteroatoms. The predicted molar refractivity (Wildman–Crippen MR) is 117 cm³/mol. The van der Waals surface area contributed by atoms with E-state index >= 15 is 0 Å². The third-order valence-electron chi connectivity index (χ3n) is 4.31. The number of thiophene rings is 1. The maximum atomic E-state index is 13.7. The van der Waals surface area contributed by atoms with E-state index in [1.807, 2.05) is 26.8 Å². The fourth-order valence-electron chi connectivity index (χ4n) is 2.76. The number of nitrogens with zero attached hydrogens (tertiary/aromatic N) is 2. The number of aliphatic imine (C=N–C) groups is 1. The zero-order chi connectivity index (χ0) is 21.3. The van der Waals surface area contributed by atoms with Crippen LogP contribution < -0.4 is 10.6 Å². The molecule has 0 spiro atoms. The van der Waals surface area contributed by atoms with Gasteiger partial charge in [0.15, 0.2) is 5.96 Å². The third-order valence-corrected chi connectivity index (χ3v) is 7.97. The van der Waals surface area contributed by atoms with Crippen molar-refractivity contribution in [2.24, 2.45) is 4.99 Å². The van der Waals surface area contributed by atoms with E-state index < -0.39 is 10.0 Å². The third kappa shape index (κ3) is 6.52. The molecule has 0 bridgehead atoms. The van der Waals surface area contributed by atoms with E-state index in [2.05, 4.69) is 15.6 Å². The first-order valence-electron chi connectivity index (χ1n) is 9.76. The fraction of sp³-hybridized carbons (Fsp3) is 0.450. The zero-order valence-electron chi connectivity index (χ0n) is 17.1. The first-order chi connectivity index (χ1) is 13.9. The Morgan fingerprint density at radius 2 is 1.83 bits per heavy atom. The van der Waals surface area contributed by atoms with Crippen molar-refractivity contribution in [2.45, 2.75) is 37.9 Å². The van der Waals surface area contributed by atoms with Crippen molar-refractivity contribution in [2.75, 3.05) is 26.2 Å². The SMILES string of the molecule is CCNC(=NCc1ccccc1F)NCCc1ccc(S(=O)(=O)N(CC)CC)s1. The lowest BCUT2D eigenvalue weighted by molar-refractivity contribution is 0.447. The van der Waals surface area contributed by atoms with Gasteiger partial charge >= 0.3 is 0 Å². The molecule has 1 heterocycles. The number of sulfonamides is 1. The summed E-state index contributed by atoms with van der Waals surface area (Å²) in [7, 11) is -3.41. The van der Waals surface area contributed by atoms with Crippen LogP contribution in [0.15, 0.2) is 45.6 Å². The summed E-state index contributed by atoms with van der Waals surface area (Å²) in [5, 5.41) is 6.35. The van der Waals surface area contributed by atoms with Crippen LogP contribution in [0.5, 0.6) is 0 Å². The zero-order valence-corrected chi connectivity index (χ0v) is 18.7. The Hall–Kier alpha value is -1.97. The van der Waals surface area contributed by atoms with Gasteiger partial charge < -0.3 is 10.6 Å². The van der Waals surface area contributed by atoms with Crippen LogP contribution in [0.25, 0.3) is 0 Å². The average Bonchev–Trinajstić information content (AvgIpc) is 3.18. The Morgan fingerprint density at radius 1 is 1.10 bits per heavy atom. The summed E-state index contributed by atoms with van der Waals surface area (Å²) >= 11 is 1.30. The summed E-state index contributed by atoms with van der Waals surface area (Å²) in [6, 6.07) is 10.1. The molecule has 2 N–H and O–H groups in total. The Labute approximate surface area is 176 Å². The number of hydrogen-bond donors (Lipinski definition) is 2. The minimum Gasteiger partial charge on any atom is -0.357 e. The van der Waals surface area contributed by atoms with Gasteiger partial charge in [-0.25, -0.2) is 17.8 Å². The van der Waals surface area contributed by atoms with Crippen LogP contribution in [0, 0.1) is 5.82 Å². The summed E-state index contributed by atoms with van der Waals surface area (Å²) in [4.78, 5) is 5.40. The molecule has 0 aliphatic heterocycles. The second-order valence-electron chi connectivity index (χ2n) is 6.27. The molecule has 0 atom stereocenters. The largest absolute Gasteiger partial charge is 0.357 e. The fourth-order valence-corrected chi connectivity index (χ4v) is 5.73. The Morgan fingerprint density at radius 3 is 2.48 bits per heavy atom. The maximum absolute atomic E-state index is 13.7. The number of rotatable bonds is 10. The Bertz CT molecular complexity index is 909. The molecule has 0 saturated heterocycles. The summed E-state index contributed by atoms with van der Waals surface area (Å²) in [5.74, 6) is 0.330. The molecule has 1 aromatic carbocycles. The van der Waals surface area contributed by atoms with Crippen LogP contribution >= 0.6 is 11.3 Å². The van der Waals surface area contributed by atoms with Gasteiger partial charge in [-0.15, -0.1) is 11.3 Å². The predicted octanol–water partition coefficient (Wildman–Crippen LogP) is 3.22. The molecule has 0 saturated carbocycles. The molecule has 2 aromatic rings. The summed E-state index contributed by atoms with van der Waals surface area (Å²) in [5.41, 5.74) is 0.536. The average molecular weight is 441 g/mol. The molecule has 0 radical (unpaired) electrons. The molecular weight excluding hydrogens is 411 g/mol. The van der Waals surface area contributed by atoms with Crippen LogP contribution in [-0.4, -0.2) is 44.9 Å². The van der Waals surface area contributed by atoms with E-state index in [1.165, 1.54) is 21.7 Å². The van der Waals surface area contributed by atoms with E-state index in [1.54, 1.807) is 24.3 Å². The minimum atomic E-state index is -3.41. The molecule has 6 nitrogen and oxygen atoms in total. The van der Waals surface area contributed by atoms with E-state index in [9.17, 15) is 12.8 Å². The van der Waals surface area contributed by atoms with Gasteiger partial charge in [-0.05, 0) is 31.5 Å². The number of guanidine groups is 1. The van der Waals surface area contributed by atoms with Crippen LogP contribution in [-0.2, 0) is 23.0 Å². The van der Waals surface area contributed by atoms with Gasteiger partial charge in [0.1, 0.15) is 10.0 Å². The first kappa shape index (κ1) is 23.3. The van der Waals surface area contributed by atoms with Gasteiger partial charge in [0.25, 0.3) is 10.0 Å². The lowest BCUT2D eigenvalue weighted by atomic mass is 10.2. The molecule has 1 aromatic heterocycles. The summed E-state index contributed by atoms with van der Waals surface area (Å²) < 4.78 is 40.7. The standard InChI is InChI=1S/C20H29FN4O2S2/c1-4-22-20(24-15-16-9-7-8-10-18(16)21)23-14-13-17-11-12-19(28-17)29(26,27)25(5-2)6-3/h7-12H,4-6,13-15H2,1-3H3,(H2,22,23,24). The molecule has 0 aliphatic rings. The second kappa shape index (κ2) is 11.3. The lowest BCUT2D eigenvalue weighted by Crippen LogP contribution is -2.38. The van der Waals surface area contributed by atoms with Crippen LogP contribution in [0.3, 0.4) is 0 Å².